The summed E-state index contributed by atoms with van der Waals surface area (Å²) in [6.07, 6.45) is 1.31. The number of aromatic nitrogens is 1. The number of piperidine rings is 1. The maximum absolute atomic E-state index is 12.4. The molecule has 0 unspecified atom stereocenters. The van der Waals surface area contributed by atoms with E-state index in [0.29, 0.717) is 49.5 Å². The summed E-state index contributed by atoms with van der Waals surface area (Å²) >= 11 is 2.80. The van der Waals surface area contributed by atoms with Crippen molar-refractivity contribution in [1.82, 2.24) is 15.2 Å². The monoisotopic (exact) mass is 477 g/mol. The van der Waals surface area contributed by atoms with Crippen LogP contribution in [-0.4, -0.2) is 66.3 Å². The van der Waals surface area contributed by atoms with Crippen LogP contribution in [0.5, 0.6) is 5.75 Å². The average molecular weight is 478 g/mol. The Kier molecular flexibility index (Phi) is 8.92. The van der Waals surface area contributed by atoms with Gasteiger partial charge in [0.1, 0.15) is 5.75 Å². The Labute approximate surface area is 195 Å². The minimum Gasteiger partial charge on any atom is -0.497 e. The molecule has 1 N–H and O–H groups in total. The van der Waals surface area contributed by atoms with E-state index in [4.69, 9.17) is 9.47 Å². The molecule has 1 aromatic heterocycles. The number of methoxy groups -OCH3 is 1. The molecule has 1 saturated heterocycles. The molecule has 2 amide bonds. The van der Waals surface area contributed by atoms with E-state index in [9.17, 15) is 14.4 Å². The summed E-state index contributed by atoms with van der Waals surface area (Å²) in [5.41, 5.74) is 1.32. The van der Waals surface area contributed by atoms with Gasteiger partial charge in [-0.25, -0.2) is 9.78 Å². The molecule has 2 aromatic rings. The third-order valence-electron chi connectivity index (χ3n) is 5.00. The quantitative estimate of drug-likeness (QED) is 0.437. The highest BCUT2D eigenvalue weighted by Gasteiger charge is 2.24. The van der Waals surface area contributed by atoms with Gasteiger partial charge in [0.05, 0.1) is 31.6 Å². The standard InChI is InChI=1S/C22H27N3O5S2/c1-3-30-22(28)25-10-8-16(9-11-25)23-20(27)12-17-13-31-21(24-17)32-14-19(26)15-4-6-18(29-2)7-5-15/h4-7,13,16H,3,8-12,14H2,1-2H3,(H,23,27). The number of Topliss-reactive ketones (excluding diaryl/α,β-unsaturated/α-hetero) is 1. The first-order valence-corrected chi connectivity index (χ1v) is 12.3. The van der Waals surface area contributed by atoms with Gasteiger partial charge in [-0.1, -0.05) is 11.8 Å². The number of hydrogen-bond acceptors (Lipinski definition) is 8. The van der Waals surface area contributed by atoms with Crippen molar-refractivity contribution >= 4 is 40.9 Å². The number of benzene rings is 1. The summed E-state index contributed by atoms with van der Waals surface area (Å²) in [6.45, 7) is 3.29. The Balaban J connectivity index is 1.40. The first-order valence-electron chi connectivity index (χ1n) is 10.4. The zero-order chi connectivity index (χ0) is 22.9. The fourth-order valence-corrected chi connectivity index (χ4v) is 5.03. The number of nitrogens with one attached hydrogen (secondary N) is 1. The van der Waals surface area contributed by atoms with E-state index in [1.54, 1.807) is 43.2 Å². The molecule has 1 aliphatic heterocycles. The van der Waals surface area contributed by atoms with Crippen molar-refractivity contribution in [3.8, 4) is 5.75 Å². The molecule has 0 aliphatic carbocycles. The molecule has 0 atom stereocenters. The van der Waals surface area contributed by atoms with Gasteiger partial charge >= 0.3 is 6.09 Å². The van der Waals surface area contributed by atoms with Gasteiger partial charge in [0.25, 0.3) is 0 Å². The fraction of sp³-hybridized carbons (Fsp3) is 0.455. The lowest BCUT2D eigenvalue weighted by Crippen LogP contribution is -2.47. The predicted octanol–water partition coefficient (Wildman–Crippen LogP) is 3.41. The van der Waals surface area contributed by atoms with Crippen molar-refractivity contribution in [2.75, 3.05) is 32.6 Å². The number of ether oxygens (including phenoxy) is 2. The van der Waals surface area contributed by atoms with E-state index in [1.165, 1.54) is 23.1 Å². The highest BCUT2D eigenvalue weighted by atomic mass is 32.2. The van der Waals surface area contributed by atoms with Gasteiger partial charge in [0.15, 0.2) is 10.1 Å². The number of thiazole rings is 1. The van der Waals surface area contributed by atoms with Gasteiger partial charge in [-0.15, -0.1) is 11.3 Å². The summed E-state index contributed by atoms with van der Waals surface area (Å²) in [4.78, 5) is 42.6. The average Bonchev–Trinajstić information content (AvgIpc) is 3.25. The van der Waals surface area contributed by atoms with E-state index < -0.39 is 0 Å². The maximum Gasteiger partial charge on any atom is 0.409 e. The number of hydrogen-bond donors (Lipinski definition) is 1. The van der Waals surface area contributed by atoms with Gasteiger partial charge in [0.2, 0.25) is 5.91 Å². The van der Waals surface area contributed by atoms with Crippen LogP contribution >= 0.6 is 23.1 Å². The van der Waals surface area contributed by atoms with Crippen molar-refractivity contribution in [3.63, 3.8) is 0 Å². The summed E-state index contributed by atoms with van der Waals surface area (Å²) in [5, 5.41) is 4.88. The van der Waals surface area contributed by atoms with Gasteiger partial charge in [0, 0.05) is 30.1 Å². The van der Waals surface area contributed by atoms with E-state index in [1.807, 2.05) is 5.38 Å². The van der Waals surface area contributed by atoms with E-state index in [-0.39, 0.29) is 36.0 Å². The normalized spacial score (nSPS) is 14.1. The largest absolute Gasteiger partial charge is 0.497 e. The third kappa shape index (κ3) is 6.96. The number of amides is 2. The molecule has 3 rings (SSSR count). The number of carbonyl (C=O) groups excluding carboxylic acids is 3. The van der Waals surface area contributed by atoms with E-state index >= 15 is 0 Å². The number of carbonyl (C=O) groups is 3. The summed E-state index contributed by atoms with van der Waals surface area (Å²) < 4.78 is 10.9. The van der Waals surface area contributed by atoms with Crippen LogP contribution in [0, 0.1) is 0 Å². The lowest BCUT2D eigenvalue weighted by atomic mass is 10.1. The molecule has 1 fully saturated rings. The molecule has 0 spiro atoms. The fourth-order valence-electron chi connectivity index (χ4n) is 3.29. The van der Waals surface area contributed by atoms with Crippen molar-refractivity contribution in [2.45, 2.75) is 36.6 Å². The number of nitrogens with zero attached hydrogens (tertiary/aromatic N) is 2. The summed E-state index contributed by atoms with van der Waals surface area (Å²) in [5.74, 6) is 0.920. The van der Waals surface area contributed by atoms with Crippen LogP contribution in [0.3, 0.4) is 0 Å². The number of likely N-dealkylation sites (tertiary alicyclic amines) is 1. The Bertz CT molecular complexity index is 924. The van der Waals surface area contributed by atoms with Crippen molar-refractivity contribution in [2.24, 2.45) is 0 Å². The van der Waals surface area contributed by atoms with Crippen LogP contribution in [0.1, 0.15) is 35.8 Å². The molecule has 2 heterocycles. The molecule has 10 heteroatoms. The molecule has 8 nitrogen and oxygen atoms in total. The Morgan fingerprint density at radius 2 is 1.94 bits per heavy atom. The van der Waals surface area contributed by atoms with Crippen LogP contribution in [0.2, 0.25) is 0 Å². The van der Waals surface area contributed by atoms with Gasteiger partial charge in [-0.2, -0.15) is 0 Å². The maximum atomic E-state index is 12.4. The number of thioether (sulfide) groups is 1. The minimum absolute atomic E-state index is 0.0151. The zero-order valence-electron chi connectivity index (χ0n) is 18.2. The van der Waals surface area contributed by atoms with Gasteiger partial charge in [-0.3, -0.25) is 9.59 Å². The topological polar surface area (TPSA) is 97.8 Å². The molecular weight excluding hydrogens is 450 g/mol. The van der Waals surface area contributed by atoms with Crippen molar-refractivity contribution < 1.29 is 23.9 Å². The molecule has 0 radical (unpaired) electrons. The minimum atomic E-state index is -0.296. The molecule has 1 aliphatic rings. The second-order valence-electron chi connectivity index (χ2n) is 7.25. The molecule has 1 aromatic carbocycles. The first-order chi connectivity index (χ1) is 15.5. The van der Waals surface area contributed by atoms with Crippen LogP contribution in [-0.2, 0) is 16.0 Å². The number of rotatable bonds is 9. The first kappa shape index (κ1) is 24.1. The molecular formula is C22H27N3O5S2. The SMILES string of the molecule is CCOC(=O)N1CCC(NC(=O)Cc2csc(SCC(=O)c3ccc(OC)cc3)n2)CC1. The molecule has 172 valence electrons. The Hall–Kier alpha value is -2.59. The smallest absolute Gasteiger partial charge is 0.409 e. The highest BCUT2D eigenvalue weighted by molar-refractivity contribution is 8.01. The van der Waals surface area contributed by atoms with Gasteiger partial charge < -0.3 is 19.7 Å². The summed E-state index contributed by atoms with van der Waals surface area (Å²) in [6, 6.07) is 7.06. The van der Waals surface area contributed by atoms with Crippen molar-refractivity contribution in [1.29, 1.82) is 0 Å². The van der Waals surface area contributed by atoms with E-state index in [0.717, 1.165) is 4.34 Å². The van der Waals surface area contributed by atoms with E-state index in [2.05, 4.69) is 10.3 Å². The van der Waals surface area contributed by atoms with Crippen LogP contribution in [0.4, 0.5) is 4.79 Å². The second kappa shape index (κ2) is 11.9. The molecule has 32 heavy (non-hydrogen) atoms. The lowest BCUT2D eigenvalue weighted by molar-refractivity contribution is -0.121. The second-order valence-corrected chi connectivity index (χ2v) is 9.33. The third-order valence-corrected chi connectivity index (χ3v) is 7.07. The highest BCUT2D eigenvalue weighted by Crippen LogP contribution is 2.24. The summed E-state index contributed by atoms with van der Waals surface area (Å²) in [7, 11) is 1.59. The molecule has 0 saturated carbocycles. The Morgan fingerprint density at radius 1 is 1.22 bits per heavy atom. The Morgan fingerprint density at radius 3 is 2.59 bits per heavy atom. The van der Waals surface area contributed by atoms with Crippen molar-refractivity contribution in [3.05, 3.63) is 40.9 Å². The lowest BCUT2D eigenvalue weighted by Gasteiger charge is -2.31. The van der Waals surface area contributed by atoms with Crippen LogP contribution in [0.25, 0.3) is 0 Å². The van der Waals surface area contributed by atoms with Crippen LogP contribution in [0.15, 0.2) is 34.0 Å². The van der Waals surface area contributed by atoms with Gasteiger partial charge in [-0.05, 0) is 44.0 Å². The number of ketones is 1. The predicted molar refractivity (Wildman–Crippen MR) is 124 cm³/mol. The molecule has 0 bridgehead atoms. The zero-order valence-corrected chi connectivity index (χ0v) is 19.8. The van der Waals surface area contributed by atoms with Crippen LogP contribution < -0.4 is 10.1 Å².